The monoisotopic (exact) mass is 398 g/mol. The molecular weight excluding hydrogens is 379 g/mol. The number of aromatic amines is 1. The number of benzene rings is 1. The van der Waals surface area contributed by atoms with Gasteiger partial charge in [-0.25, -0.2) is 0 Å². The van der Waals surface area contributed by atoms with Crippen LogP contribution in [0.3, 0.4) is 0 Å². The molecule has 1 aromatic heterocycles. The fraction of sp³-hybridized carbons (Fsp3) is 0.467. The summed E-state index contributed by atoms with van der Waals surface area (Å²) >= 11 is 2.25. The van der Waals surface area contributed by atoms with Crippen LogP contribution >= 0.6 is 22.6 Å². The molecule has 5 nitrogen and oxygen atoms in total. The van der Waals surface area contributed by atoms with E-state index in [1.54, 1.807) is 0 Å². The average molecular weight is 398 g/mol. The van der Waals surface area contributed by atoms with Crippen LogP contribution in [0.15, 0.2) is 18.2 Å². The molecule has 2 atom stereocenters. The van der Waals surface area contributed by atoms with E-state index >= 15 is 0 Å². The number of likely N-dealkylation sites (tertiary alicyclic amines) is 1. The third-order valence-corrected chi connectivity index (χ3v) is 4.91. The molecule has 3 rings (SSSR count). The Hall–Kier alpha value is -1.15. The fourth-order valence-electron chi connectivity index (χ4n) is 3.03. The van der Waals surface area contributed by atoms with Crippen molar-refractivity contribution in [2.24, 2.45) is 11.7 Å². The largest absolute Gasteiger partial charge is 0.333 e. The van der Waals surface area contributed by atoms with Crippen molar-refractivity contribution in [1.29, 1.82) is 0 Å². The second-order valence-corrected chi connectivity index (χ2v) is 7.03. The number of nitrogens with zero attached hydrogens (tertiary/aromatic N) is 2. The van der Waals surface area contributed by atoms with Crippen LogP contribution in [0, 0.1) is 9.49 Å². The Morgan fingerprint density at radius 1 is 1.57 bits per heavy atom. The van der Waals surface area contributed by atoms with Crippen LogP contribution in [-0.4, -0.2) is 40.1 Å². The number of carbonyl (C=O) groups excluding carboxylic acids is 1. The van der Waals surface area contributed by atoms with Crippen LogP contribution in [0.1, 0.15) is 30.3 Å². The number of H-pyrrole nitrogens is 1. The zero-order chi connectivity index (χ0) is 15.0. The molecule has 21 heavy (non-hydrogen) atoms. The van der Waals surface area contributed by atoms with Crippen LogP contribution in [-0.2, 0) is 0 Å². The van der Waals surface area contributed by atoms with E-state index in [0.29, 0.717) is 18.2 Å². The van der Waals surface area contributed by atoms with E-state index in [2.05, 4.69) is 39.7 Å². The highest BCUT2D eigenvalue weighted by atomic mass is 127. The van der Waals surface area contributed by atoms with Gasteiger partial charge in [-0.3, -0.25) is 9.89 Å². The van der Waals surface area contributed by atoms with Gasteiger partial charge in [0.25, 0.3) is 5.91 Å². The Kier molecular flexibility index (Phi) is 4.17. The summed E-state index contributed by atoms with van der Waals surface area (Å²) in [4.78, 5) is 14.7. The van der Waals surface area contributed by atoms with Gasteiger partial charge >= 0.3 is 0 Å². The van der Waals surface area contributed by atoms with Gasteiger partial charge in [0.1, 0.15) is 0 Å². The van der Waals surface area contributed by atoms with Crippen LogP contribution in [0.4, 0.5) is 0 Å². The first kappa shape index (κ1) is 14.8. The number of hydrogen-bond acceptors (Lipinski definition) is 3. The van der Waals surface area contributed by atoms with Crippen molar-refractivity contribution < 1.29 is 4.79 Å². The lowest BCUT2D eigenvalue weighted by molar-refractivity contribution is 0.0569. The van der Waals surface area contributed by atoms with Gasteiger partial charge in [-0.2, -0.15) is 5.10 Å². The van der Waals surface area contributed by atoms with Crippen molar-refractivity contribution in [1.82, 2.24) is 15.1 Å². The molecule has 112 valence electrons. The predicted octanol–water partition coefficient (Wildman–Crippen LogP) is 2.37. The highest BCUT2D eigenvalue weighted by Crippen LogP contribution is 2.26. The summed E-state index contributed by atoms with van der Waals surface area (Å²) in [6.07, 6.45) is 2.00. The highest BCUT2D eigenvalue weighted by Gasteiger charge is 2.31. The number of fused-ring (bicyclic) bond motifs is 1. The first-order valence-electron chi connectivity index (χ1n) is 7.24. The van der Waals surface area contributed by atoms with Gasteiger partial charge in [0.15, 0.2) is 5.69 Å². The zero-order valence-corrected chi connectivity index (χ0v) is 14.1. The molecule has 3 N–H and O–H groups in total. The number of rotatable bonds is 2. The molecule has 2 aromatic rings. The van der Waals surface area contributed by atoms with Crippen molar-refractivity contribution in [2.45, 2.75) is 25.8 Å². The third-order valence-electron chi connectivity index (χ3n) is 4.24. The summed E-state index contributed by atoms with van der Waals surface area (Å²) in [6.45, 7) is 3.49. The van der Waals surface area contributed by atoms with Gasteiger partial charge in [-0.05, 0) is 59.5 Å². The first-order chi connectivity index (χ1) is 10.1. The van der Waals surface area contributed by atoms with E-state index in [1.165, 1.54) is 0 Å². The van der Waals surface area contributed by atoms with E-state index < -0.39 is 0 Å². The van der Waals surface area contributed by atoms with Crippen molar-refractivity contribution in [3.63, 3.8) is 0 Å². The Morgan fingerprint density at radius 2 is 2.38 bits per heavy atom. The maximum atomic E-state index is 12.8. The van der Waals surface area contributed by atoms with Gasteiger partial charge in [-0.1, -0.05) is 6.92 Å². The number of nitrogens with two attached hydrogens (primary N) is 1. The lowest BCUT2D eigenvalue weighted by Crippen LogP contribution is -2.49. The number of piperidine rings is 1. The van der Waals surface area contributed by atoms with Crippen LogP contribution < -0.4 is 5.73 Å². The maximum absolute atomic E-state index is 12.8. The SMILES string of the molecule is CC1CCN(C(=O)c2n[nH]c3ccc(I)cc23)C(CN)C1. The van der Waals surface area contributed by atoms with Crippen molar-refractivity contribution in [3.8, 4) is 0 Å². The number of aromatic nitrogens is 2. The quantitative estimate of drug-likeness (QED) is 0.763. The normalized spacial score (nSPS) is 22.7. The molecular formula is C15H19IN4O. The van der Waals surface area contributed by atoms with E-state index in [1.807, 2.05) is 23.1 Å². The van der Waals surface area contributed by atoms with E-state index in [9.17, 15) is 4.79 Å². The fourth-order valence-corrected chi connectivity index (χ4v) is 3.52. The molecule has 1 saturated heterocycles. The van der Waals surface area contributed by atoms with Crippen molar-refractivity contribution in [3.05, 3.63) is 27.5 Å². The van der Waals surface area contributed by atoms with Gasteiger partial charge in [-0.15, -0.1) is 0 Å². The molecule has 2 heterocycles. The molecule has 0 spiro atoms. The minimum Gasteiger partial charge on any atom is -0.333 e. The van der Waals surface area contributed by atoms with Gasteiger partial charge < -0.3 is 10.6 Å². The Labute approximate surface area is 137 Å². The molecule has 1 amide bonds. The molecule has 1 fully saturated rings. The zero-order valence-electron chi connectivity index (χ0n) is 12.0. The topological polar surface area (TPSA) is 75.0 Å². The Balaban J connectivity index is 1.94. The minimum absolute atomic E-state index is 0.00870. The van der Waals surface area contributed by atoms with E-state index in [4.69, 9.17) is 5.73 Å². The summed E-state index contributed by atoms with van der Waals surface area (Å²) in [5.41, 5.74) is 7.27. The Bertz CT molecular complexity index is 669. The van der Waals surface area contributed by atoms with Crippen LogP contribution in [0.25, 0.3) is 10.9 Å². The van der Waals surface area contributed by atoms with Gasteiger partial charge in [0.05, 0.1) is 5.52 Å². The maximum Gasteiger partial charge on any atom is 0.275 e. The second kappa shape index (κ2) is 5.92. The summed E-state index contributed by atoms with van der Waals surface area (Å²) < 4.78 is 1.10. The summed E-state index contributed by atoms with van der Waals surface area (Å²) in [7, 11) is 0. The number of nitrogens with one attached hydrogen (secondary N) is 1. The molecule has 0 radical (unpaired) electrons. The molecule has 6 heteroatoms. The molecule has 0 saturated carbocycles. The summed E-state index contributed by atoms with van der Waals surface area (Å²) in [5.74, 6) is 0.616. The smallest absolute Gasteiger partial charge is 0.275 e. The van der Waals surface area contributed by atoms with Crippen molar-refractivity contribution >= 4 is 39.4 Å². The summed E-state index contributed by atoms with van der Waals surface area (Å²) in [5, 5.41) is 8.07. The molecule has 1 aliphatic rings. The molecule has 1 aromatic carbocycles. The van der Waals surface area contributed by atoms with Crippen molar-refractivity contribution in [2.75, 3.05) is 13.1 Å². The molecule has 0 aliphatic carbocycles. The van der Waals surface area contributed by atoms with Crippen LogP contribution in [0.5, 0.6) is 0 Å². The lowest BCUT2D eigenvalue weighted by Gasteiger charge is -2.37. The number of hydrogen-bond donors (Lipinski definition) is 2. The minimum atomic E-state index is -0.00870. The van der Waals surface area contributed by atoms with Crippen LogP contribution in [0.2, 0.25) is 0 Å². The number of halogens is 1. The molecule has 1 aliphatic heterocycles. The lowest BCUT2D eigenvalue weighted by atomic mass is 9.92. The number of amides is 1. The van der Waals surface area contributed by atoms with E-state index in [0.717, 1.165) is 33.9 Å². The summed E-state index contributed by atoms with van der Waals surface area (Å²) in [6, 6.07) is 6.08. The highest BCUT2D eigenvalue weighted by molar-refractivity contribution is 14.1. The molecule has 2 unspecified atom stereocenters. The molecule has 0 bridgehead atoms. The predicted molar refractivity (Wildman–Crippen MR) is 91.1 cm³/mol. The Morgan fingerprint density at radius 3 is 3.14 bits per heavy atom. The second-order valence-electron chi connectivity index (χ2n) is 5.78. The van der Waals surface area contributed by atoms with E-state index in [-0.39, 0.29) is 11.9 Å². The first-order valence-corrected chi connectivity index (χ1v) is 8.32. The third kappa shape index (κ3) is 2.78. The average Bonchev–Trinajstić information content (AvgIpc) is 2.89. The standard InChI is InChI=1S/C15H19IN4O/c1-9-4-5-20(11(6-9)8-17)15(21)14-12-7-10(16)2-3-13(12)18-19-14/h2-3,7,9,11H,4-6,8,17H2,1H3,(H,18,19). The number of carbonyl (C=O) groups is 1. The van der Waals surface area contributed by atoms with Gasteiger partial charge in [0.2, 0.25) is 0 Å². The van der Waals surface area contributed by atoms with Gasteiger partial charge in [0, 0.05) is 28.1 Å².